The highest BCUT2D eigenvalue weighted by atomic mass is 79.9. The van der Waals surface area contributed by atoms with Crippen molar-refractivity contribution in [2.24, 2.45) is 11.8 Å². The zero-order valence-corrected chi connectivity index (χ0v) is 13.0. The van der Waals surface area contributed by atoms with E-state index in [1.54, 1.807) is 0 Å². The van der Waals surface area contributed by atoms with Crippen LogP contribution in [-0.2, 0) is 12.8 Å². The summed E-state index contributed by atoms with van der Waals surface area (Å²) in [6.07, 6.45) is 2.13. The van der Waals surface area contributed by atoms with Crippen molar-refractivity contribution >= 4 is 15.9 Å². The Morgan fingerprint density at radius 2 is 2.17 bits per heavy atom. The Labute approximate surface area is 118 Å². The predicted molar refractivity (Wildman–Crippen MR) is 79.3 cm³/mol. The zero-order chi connectivity index (χ0) is 13.1. The first-order valence-electron chi connectivity index (χ1n) is 6.70. The van der Waals surface area contributed by atoms with Crippen LogP contribution in [0.1, 0.15) is 25.0 Å². The SMILES string of the molecule is CNCC(Cc1cc(Br)cc2c1OCC2)C(C)C. The maximum atomic E-state index is 5.80. The molecule has 2 nitrogen and oxygen atoms in total. The standard InChI is InChI=1S/C15H22BrNO/c1-10(2)13(9-17-3)6-12-8-14(16)7-11-4-5-18-15(11)12/h7-8,10,13,17H,4-6,9H2,1-3H3. The molecule has 1 aromatic carbocycles. The molecule has 1 aromatic rings. The highest BCUT2D eigenvalue weighted by Crippen LogP contribution is 2.35. The lowest BCUT2D eigenvalue weighted by Gasteiger charge is -2.21. The molecule has 1 atom stereocenters. The summed E-state index contributed by atoms with van der Waals surface area (Å²) in [6.45, 7) is 6.47. The Hall–Kier alpha value is -0.540. The van der Waals surface area contributed by atoms with Crippen LogP contribution in [0.3, 0.4) is 0 Å². The molecule has 0 aromatic heterocycles. The fourth-order valence-corrected chi connectivity index (χ4v) is 3.14. The highest BCUT2D eigenvalue weighted by Gasteiger charge is 2.21. The number of fused-ring (bicyclic) bond motifs is 1. The monoisotopic (exact) mass is 311 g/mol. The summed E-state index contributed by atoms with van der Waals surface area (Å²) < 4.78 is 6.98. The van der Waals surface area contributed by atoms with Crippen LogP contribution in [0, 0.1) is 11.8 Å². The van der Waals surface area contributed by atoms with Gasteiger partial charge in [-0.3, -0.25) is 0 Å². The third kappa shape index (κ3) is 3.07. The number of hydrogen-bond donors (Lipinski definition) is 1. The number of halogens is 1. The molecule has 0 spiro atoms. The van der Waals surface area contributed by atoms with Gasteiger partial charge < -0.3 is 10.1 Å². The molecule has 1 heterocycles. The fraction of sp³-hybridized carbons (Fsp3) is 0.600. The smallest absolute Gasteiger partial charge is 0.125 e. The summed E-state index contributed by atoms with van der Waals surface area (Å²) >= 11 is 3.61. The molecule has 1 unspecified atom stereocenters. The van der Waals surface area contributed by atoms with Crippen molar-refractivity contribution in [2.45, 2.75) is 26.7 Å². The Kier molecular flexibility index (Phi) is 4.68. The first-order valence-corrected chi connectivity index (χ1v) is 7.49. The van der Waals surface area contributed by atoms with Crippen LogP contribution in [0.15, 0.2) is 16.6 Å². The molecule has 0 radical (unpaired) electrons. The second kappa shape index (κ2) is 6.07. The summed E-state index contributed by atoms with van der Waals surface area (Å²) in [5.74, 6) is 2.46. The molecule has 18 heavy (non-hydrogen) atoms. The first-order chi connectivity index (χ1) is 8.61. The topological polar surface area (TPSA) is 21.3 Å². The van der Waals surface area contributed by atoms with Crippen molar-refractivity contribution in [3.63, 3.8) is 0 Å². The minimum Gasteiger partial charge on any atom is -0.493 e. The van der Waals surface area contributed by atoms with Crippen LogP contribution in [-0.4, -0.2) is 20.2 Å². The van der Waals surface area contributed by atoms with Gasteiger partial charge in [-0.1, -0.05) is 29.8 Å². The molecule has 0 saturated heterocycles. The number of rotatable bonds is 5. The van der Waals surface area contributed by atoms with E-state index in [0.29, 0.717) is 11.8 Å². The number of hydrogen-bond acceptors (Lipinski definition) is 2. The molecule has 0 amide bonds. The van der Waals surface area contributed by atoms with E-state index in [9.17, 15) is 0 Å². The van der Waals surface area contributed by atoms with Crippen LogP contribution in [0.4, 0.5) is 0 Å². The molecular formula is C15H22BrNO. The van der Waals surface area contributed by atoms with Crippen LogP contribution in [0.25, 0.3) is 0 Å². The van der Waals surface area contributed by atoms with E-state index in [1.165, 1.54) is 15.6 Å². The van der Waals surface area contributed by atoms with Gasteiger partial charge in [-0.05, 0) is 55.1 Å². The van der Waals surface area contributed by atoms with Crippen molar-refractivity contribution in [1.82, 2.24) is 5.32 Å². The summed E-state index contributed by atoms with van der Waals surface area (Å²) in [6, 6.07) is 4.41. The minimum atomic E-state index is 0.651. The van der Waals surface area contributed by atoms with Crippen molar-refractivity contribution in [3.05, 3.63) is 27.7 Å². The largest absolute Gasteiger partial charge is 0.493 e. The van der Waals surface area contributed by atoms with Crippen molar-refractivity contribution in [1.29, 1.82) is 0 Å². The Morgan fingerprint density at radius 1 is 1.39 bits per heavy atom. The van der Waals surface area contributed by atoms with Gasteiger partial charge in [0.1, 0.15) is 5.75 Å². The normalized spacial score (nSPS) is 15.6. The van der Waals surface area contributed by atoms with Gasteiger partial charge in [0.05, 0.1) is 6.61 Å². The van der Waals surface area contributed by atoms with Crippen LogP contribution in [0.5, 0.6) is 5.75 Å². The second-order valence-electron chi connectivity index (χ2n) is 5.42. The first kappa shape index (κ1) is 13.9. The molecule has 100 valence electrons. The molecule has 0 fully saturated rings. The fourth-order valence-electron chi connectivity index (χ4n) is 2.59. The molecule has 1 aliphatic heterocycles. The van der Waals surface area contributed by atoms with E-state index in [4.69, 9.17) is 4.74 Å². The number of nitrogens with one attached hydrogen (secondary N) is 1. The summed E-state index contributed by atoms with van der Waals surface area (Å²) in [5, 5.41) is 3.30. The maximum absolute atomic E-state index is 5.80. The maximum Gasteiger partial charge on any atom is 0.125 e. The molecular weight excluding hydrogens is 290 g/mol. The zero-order valence-electron chi connectivity index (χ0n) is 11.4. The Balaban J connectivity index is 2.22. The van der Waals surface area contributed by atoms with Crippen LogP contribution >= 0.6 is 15.9 Å². The van der Waals surface area contributed by atoms with Gasteiger partial charge in [-0.2, -0.15) is 0 Å². The van der Waals surface area contributed by atoms with Crippen LogP contribution in [0.2, 0.25) is 0 Å². The molecule has 1 aliphatic rings. The van der Waals surface area contributed by atoms with Crippen molar-refractivity contribution < 1.29 is 4.74 Å². The molecule has 2 rings (SSSR count). The lowest BCUT2D eigenvalue weighted by atomic mass is 9.88. The predicted octanol–water partition coefficient (Wildman–Crippen LogP) is 3.42. The van der Waals surface area contributed by atoms with E-state index in [0.717, 1.165) is 31.7 Å². The van der Waals surface area contributed by atoms with Gasteiger partial charge in [0.2, 0.25) is 0 Å². The van der Waals surface area contributed by atoms with Crippen LogP contribution < -0.4 is 10.1 Å². The lowest BCUT2D eigenvalue weighted by molar-refractivity contribution is 0.338. The third-order valence-electron chi connectivity index (χ3n) is 3.72. The quantitative estimate of drug-likeness (QED) is 0.899. The summed E-state index contributed by atoms with van der Waals surface area (Å²) in [7, 11) is 2.03. The van der Waals surface area contributed by atoms with Gasteiger partial charge in [0.25, 0.3) is 0 Å². The summed E-state index contributed by atoms with van der Waals surface area (Å²) in [4.78, 5) is 0. The van der Waals surface area contributed by atoms with Gasteiger partial charge in [0, 0.05) is 10.9 Å². The van der Waals surface area contributed by atoms with Crippen molar-refractivity contribution in [3.8, 4) is 5.75 Å². The molecule has 0 aliphatic carbocycles. The minimum absolute atomic E-state index is 0.651. The van der Waals surface area contributed by atoms with Gasteiger partial charge in [0.15, 0.2) is 0 Å². The average Bonchev–Trinajstić information content (AvgIpc) is 2.76. The molecule has 3 heteroatoms. The molecule has 1 N–H and O–H groups in total. The van der Waals surface area contributed by atoms with E-state index >= 15 is 0 Å². The van der Waals surface area contributed by atoms with Gasteiger partial charge in [-0.25, -0.2) is 0 Å². The Morgan fingerprint density at radius 3 is 2.83 bits per heavy atom. The molecule has 0 bridgehead atoms. The average molecular weight is 312 g/mol. The van der Waals surface area contributed by atoms with E-state index in [-0.39, 0.29) is 0 Å². The molecule has 0 saturated carbocycles. The lowest BCUT2D eigenvalue weighted by Crippen LogP contribution is -2.25. The summed E-state index contributed by atoms with van der Waals surface area (Å²) in [5.41, 5.74) is 2.71. The van der Waals surface area contributed by atoms with E-state index in [1.807, 2.05) is 7.05 Å². The highest BCUT2D eigenvalue weighted by molar-refractivity contribution is 9.10. The Bertz CT molecular complexity index is 417. The van der Waals surface area contributed by atoms with Crippen molar-refractivity contribution in [2.75, 3.05) is 20.2 Å². The van der Waals surface area contributed by atoms with E-state index < -0.39 is 0 Å². The van der Waals surface area contributed by atoms with Gasteiger partial charge in [-0.15, -0.1) is 0 Å². The second-order valence-corrected chi connectivity index (χ2v) is 6.33. The van der Waals surface area contributed by atoms with Gasteiger partial charge >= 0.3 is 0 Å². The number of benzene rings is 1. The number of ether oxygens (including phenoxy) is 1. The van der Waals surface area contributed by atoms with E-state index in [2.05, 4.69) is 47.2 Å². The third-order valence-corrected chi connectivity index (χ3v) is 4.17.